The first-order chi connectivity index (χ1) is 16.0. The number of likely N-dealkylation sites (tertiary alicyclic amines) is 1. The van der Waals surface area contributed by atoms with Gasteiger partial charge in [-0.15, -0.1) is 4.73 Å². The molecule has 1 aliphatic heterocycles. The van der Waals surface area contributed by atoms with Gasteiger partial charge in [-0.1, -0.05) is 41.4 Å². The average molecular weight is 482 g/mol. The van der Waals surface area contributed by atoms with E-state index in [1.54, 1.807) is 30.5 Å². The van der Waals surface area contributed by atoms with Crippen molar-refractivity contribution in [2.24, 2.45) is 0 Å². The molecule has 1 fully saturated rings. The summed E-state index contributed by atoms with van der Waals surface area (Å²) in [6.07, 6.45) is 2.91. The second-order valence-electron chi connectivity index (χ2n) is 7.86. The van der Waals surface area contributed by atoms with Gasteiger partial charge in [0.05, 0.1) is 15.6 Å². The number of benzene rings is 2. The first-order valence-electron chi connectivity index (χ1n) is 10.5. The molecule has 0 bridgehead atoms. The van der Waals surface area contributed by atoms with E-state index in [9.17, 15) is 4.79 Å². The van der Waals surface area contributed by atoms with Crippen molar-refractivity contribution >= 4 is 45.9 Å². The molecule has 3 heterocycles. The lowest BCUT2D eigenvalue weighted by Gasteiger charge is -2.30. The predicted molar refractivity (Wildman–Crippen MR) is 131 cm³/mol. The van der Waals surface area contributed by atoms with Crippen LogP contribution in [0.4, 0.5) is 11.6 Å². The van der Waals surface area contributed by atoms with Crippen molar-refractivity contribution in [1.82, 2.24) is 19.6 Å². The van der Waals surface area contributed by atoms with Crippen molar-refractivity contribution in [3.63, 3.8) is 0 Å². The van der Waals surface area contributed by atoms with Crippen molar-refractivity contribution < 1.29 is 4.84 Å². The maximum absolute atomic E-state index is 13.2. The van der Waals surface area contributed by atoms with Gasteiger partial charge in [0.1, 0.15) is 7.11 Å². The van der Waals surface area contributed by atoms with Gasteiger partial charge in [0.25, 0.3) is 5.56 Å². The molecular formula is C24H21Cl2N5O2. The van der Waals surface area contributed by atoms with E-state index in [2.05, 4.69) is 32.3 Å². The van der Waals surface area contributed by atoms with E-state index in [1.807, 2.05) is 12.1 Å². The molecule has 2 aromatic heterocycles. The molecule has 0 atom stereocenters. The second-order valence-corrected chi connectivity index (χ2v) is 8.68. The van der Waals surface area contributed by atoms with Crippen LogP contribution in [0.3, 0.4) is 0 Å². The Morgan fingerprint density at radius 1 is 1.09 bits per heavy atom. The van der Waals surface area contributed by atoms with E-state index in [1.165, 1.54) is 19.1 Å². The van der Waals surface area contributed by atoms with Crippen LogP contribution in [0.25, 0.3) is 22.2 Å². The van der Waals surface area contributed by atoms with Gasteiger partial charge in [0.15, 0.2) is 5.65 Å². The summed E-state index contributed by atoms with van der Waals surface area (Å²) in [4.78, 5) is 29.9. The van der Waals surface area contributed by atoms with E-state index < -0.39 is 5.56 Å². The summed E-state index contributed by atoms with van der Waals surface area (Å²) < 4.78 is 1.12. The van der Waals surface area contributed by atoms with Gasteiger partial charge < -0.3 is 10.2 Å². The smallest absolute Gasteiger partial charge is 0.293 e. The lowest BCUT2D eigenvalue weighted by Crippen LogP contribution is -2.36. The highest BCUT2D eigenvalue weighted by Gasteiger charge is 2.18. The van der Waals surface area contributed by atoms with Crippen LogP contribution < -0.4 is 15.7 Å². The lowest BCUT2D eigenvalue weighted by atomic mass is 10.1. The zero-order valence-electron chi connectivity index (χ0n) is 17.9. The lowest BCUT2D eigenvalue weighted by molar-refractivity contribution is 0.168. The van der Waals surface area contributed by atoms with Crippen LogP contribution in [0.2, 0.25) is 10.0 Å². The number of aromatic nitrogens is 3. The molecule has 1 saturated heterocycles. The van der Waals surface area contributed by atoms with Gasteiger partial charge in [0, 0.05) is 29.4 Å². The van der Waals surface area contributed by atoms with E-state index in [4.69, 9.17) is 28.0 Å². The Morgan fingerprint density at radius 2 is 1.82 bits per heavy atom. The Hall–Kier alpha value is -3.13. The number of pyridine rings is 1. The van der Waals surface area contributed by atoms with Gasteiger partial charge in [-0.05, 0) is 55.4 Å². The Kier molecular flexibility index (Phi) is 5.93. The molecule has 0 radical (unpaired) electrons. The summed E-state index contributed by atoms with van der Waals surface area (Å²) in [7, 11) is 1.41. The molecule has 0 amide bonds. The summed E-state index contributed by atoms with van der Waals surface area (Å²) in [5.41, 5.74) is 2.79. The number of nitrogens with zero attached hydrogens (tertiary/aromatic N) is 4. The Morgan fingerprint density at radius 3 is 2.45 bits per heavy atom. The highest BCUT2D eigenvalue weighted by Crippen LogP contribution is 2.33. The fourth-order valence-corrected chi connectivity index (χ4v) is 4.45. The third kappa shape index (κ3) is 4.27. The van der Waals surface area contributed by atoms with E-state index >= 15 is 0 Å². The molecule has 1 aliphatic rings. The number of hydrogen-bond donors (Lipinski definition) is 1. The Labute approximate surface area is 200 Å². The summed E-state index contributed by atoms with van der Waals surface area (Å²) in [5.74, 6) is 0.353. The first-order valence-corrected chi connectivity index (χ1v) is 11.3. The SMILES string of the molecule is COn1c(=O)c(-c2c(Cl)cccc2Cl)cc2cnc(Nc3ccc(CN4CCC4)cc3)nc21. The summed E-state index contributed by atoms with van der Waals surface area (Å²) >= 11 is 12.7. The molecule has 0 unspecified atom stereocenters. The largest absolute Gasteiger partial charge is 0.412 e. The van der Waals surface area contributed by atoms with E-state index in [-0.39, 0.29) is 0 Å². The number of halogens is 2. The summed E-state index contributed by atoms with van der Waals surface area (Å²) in [6, 6.07) is 14.9. The number of anilines is 2. The van der Waals surface area contributed by atoms with Crippen molar-refractivity contribution in [1.29, 1.82) is 0 Å². The molecule has 9 heteroatoms. The average Bonchev–Trinajstić information content (AvgIpc) is 2.78. The summed E-state index contributed by atoms with van der Waals surface area (Å²) in [6.45, 7) is 3.29. The minimum atomic E-state index is -0.417. The minimum absolute atomic E-state index is 0.307. The van der Waals surface area contributed by atoms with Crippen LogP contribution in [0, 0.1) is 0 Å². The number of rotatable bonds is 6. The quantitative estimate of drug-likeness (QED) is 0.427. The van der Waals surface area contributed by atoms with E-state index in [0.29, 0.717) is 38.2 Å². The molecular weight excluding hydrogens is 461 g/mol. The number of nitrogens with one attached hydrogen (secondary N) is 1. The van der Waals surface area contributed by atoms with Gasteiger partial charge >= 0.3 is 0 Å². The predicted octanol–water partition coefficient (Wildman–Crippen LogP) is 4.77. The molecule has 1 N–H and O–H groups in total. The number of fused-ring (bicyclic) bond motifs is 1. The van der Waals surface area contributed by atoms with Crippen molar-refractivity contribution in [2.75, 3.05) is 25.5 Å². The molecule has 5 rings (SSSR count). The molecule has 33 heavy (non-hydrogen) atoms. The highest BCUT2D eigenvalue weighted by atomic mass is 35.5. The zero-order chi connectivity index (χ0) is 22.9. The first kappa shape index (κ1) is 21.7. The van der Waals surface area contributed by atoms with E-state index in [0.717, 1.165) is 30.1 Å². The van der Waals surface area contributed by atoms with Gasteiger partial charge in [-0.3, -0.25) is 9.69 Å². The molecule has 7 nitrogen and oxygen atoms in total. The monoisotopic (exact) mass is 481 g/mol. The highest BCUT2D eigenvalue weighted by molar-refractivity contribution is 6.39. The molecule has 0 spiro atoms. The maximum Gasteiger partial charge on any atom is 0.293 e. The van der Waals surface area contributed by atoms with Gasteiger partial charge in [-0.2, -0.15) is 4.98 Å². The fourth-order valence-electron chi connectivity index (χ4n) is 3.85. The Balaban J connectivity index is 1.48. The molecule has 0 aliphatic carbocycles. The van der Waals surface area contributed by atoms with Crippen LogP contribution >= 0.6 is 23.2 Å². The normalized spacial score (nSPS) is 13.7. The second kappa shape index (κ2) is 9.02. The minimum Gasteiger partial charge on any atom is -0.412 e. The van der Waals surface area contributed by atoms with Crippen molar-refractivity contribution in [3.8, 4) is 11.1 Å². The molecule has 2 aromatic carbocycles. The van der Waals surface area contributed by atoms with Crippen LogP contribution in [0.15, 0.2) is 59.5 Å². The molecule has 168 valence electrons. The summed E-state index contributed by atoms with van der Waals surface area (Å²) in [5, 5.41) is 4.55. The third-order valence-electron chi connectivity index (χ3n) is 5.68. The van der Waals surface area contributed by atoms with Crippen LogP contribution in [0.1, 0.15) is 12.0 Å². The van der Waals surface area contributed by atoms with Gasteiger partial charge in [-0.25, -0.2) is 4.98 Å². The zero-order valence-corrected chi connectivity index (χ0v) is 19.4. The topological polar surface area (TPSA) is 72.3 Å². The standard InChI is InChI=1S/C24H21Cl2N5O2/c1-33-31-22-16(12-18(23(31)32)21-19(25)4-2-5-20(21)26)13-27-24(29-22)28-17-8-6-15(7-9-17)14-30-10-3-11-30/h2,4-9,12-13H,3,10-11,14H2,1H3,(H,27,28,29). The third-order valence-corrected chi connectivity index (χ3v) is 6.31. The molecule has 4 aromatic rings. The van der Waals surface area contributed by atoms with Crippen LogP contribution in [-0.2, 0) is 6.54 Å². The number of hydrogen-bond acceptors (Lipinski definition) is 6. The van der Waals surface area contributed by atoms with Crippen molar-refractivity contribution in [3.05, 3.63) is 80.7 Å². The molecule has 0 saturated carbocycles. The van der Waals surface area contributed by atoms with Crippen LogP contribution in [0.5, 0.6) is 0 Å². The fraction of sp³-hybridized carbons (Fsp3) is 0.208. The van der Waals surface area contributed by atoms with Gasteiger partial charge in [0.2, 0.25) is 5.95 Å². The maximum atomic E-state index is 13.2. The van der Waals surface area contributed by atoms with Crippen molar-refractivity contribution in [2.45, 2.75) is 13.0 Å². The van der Waals surface area contributed by atoms with Crippen LogP contribution in [-0.4, -0.2) is 39.8 Å². The Bertz CT molecular complexity index is 1360.